The van der Waals surface area contributed by atoms with Crippen LogP contribution in [0.1, 0.15) is 18.3 Å². The molecule has 172 valence electrons. The van der Waals surface area contributed by atoms with E-state index in [0.717, 1.165) is 27.8 Å². The first-order chi connectivity index (χ1) is 17.1. The topological polar surface area (TPSA) is 116 Å². The van der Waals surface area contributed by atoms with E-state index in [4.69, 9.17) is 0 Å². The summed E-state index contributed by atoms with van der Waals surface area (Å²) in [5.74, 6) is 0.886. The largest absolute Gasteiger partial charge is 0.510 e. The van der Waals surface area contributed by atoms with Crippen LogP contribution in [0.3, 0.4) is 0 Å². The number of rotatable bonds is 6. The molecule has 5 rings (SSSR count). The summed E-state index contributed by atoms with van der Waals surface area (Å²) in [7, 11) is 0. The smallest absolute Gasteiger partial charge is 0.196 e. The molecule has 3 heterocycles. The van der Waals surface area contributed by atoms with Crippen LogP contribution in [-0.4, -0.2) is 40.1 Å². The number of nitriles is 1. The van der Waals surface area contributed by atoms with Gasteiger partial charge in [-0.05, 0) is 49.7 Å². The average molecular weight is 480 g/mol. The molecule has 8 nitrogen and oxygen atoms in total. The Labute approximate surface area is 206 Å². The number of aromatic amines is 1. The SMILES string of the molecule is Cc1ccccc1-n1c(SC(C)/C(O)=C(\C#N)c2nc3ccccc3[nH]2)nnc1-c1cccnc1. The molecule has 2 N–H and O–H groups in total. The van der Waals surface area contributed by atoms with Crippen LogP contribution in [0.2, 0.25) is 0 Å². The Kier molecular flexibility index (Phi) is 6.04. The van der Waals surface area contributed by atoms with Crippen molar-refractivity contribution in [1.82, 2.24) is 29.7 Å². The molecule has 0 radical (unpaired) electrons. The molecule has 2 aromatic carbocycles. The molecule has 35 heavy (non-hydrogen) atoms. The lowest BCUT2D eigenvalue weighted by molar-refractivity contribution is 0.401. The van der Waals surface area contributed by atoms with Crippen LogP contribution >= 0.6 is 11.8 Å². The fourth-order valence-corrected chi connectivity index (χ4v) is 4.70. The number of nitrogens with zero attached hydrogens (tertiary/aromatic N) is 6. The van der Waals surface area contributed by atoms with E-state index >= 15 is 0 Å². The van der Waals surface area contributed by atoms with Crippen LogP contribution in [0, 0.1) is 18.3 Å². The van der Waals surface area contributed by atoms with Crippen molar-refractivity contribution in [2.45, 2.75) is 24.3 Å². The van der Waals surface area contributed by atoms with E-state index in [0.29, 0.717) is 16.8 Å². The number of thioether (sulfide) groups is 1. The van der Waals surface area contributed by atoms with Gasteiger partial charge in [0.2, 0.25) is 0 Å². The minimum atomic E-state index is -0.494. The maximum absolute atomic E-state index is 11.1. The zero-order valence-electron chi connectivity index (χ0n) is 19.0. The third-order valence-corrected chi connectivity index (χ3v) is 6.62. The van der Waals surface area contributed by atoms with Crippen molar-refractivity contribution in [2.75, 3.05) is 0 Å². The maximum atomic E-state index is 11.1. The summed E-state index contributed by atoms with van der Waals surface area (Å²) in [6, 6.07) is 21.3. The first kappa shape index (κ1) is 22.4. The van der Waals surface area contributed by atoms with Crippen LogP contribution < -0.4 is 0 Å². The zero-order chi connectivity index (χ0) is 24.4. The molecule has 0 bridgehead atoms. The normalized spacial score (nSPS) is 12.8. The molecular weight excluding hydrogens is 458 g/mol. The highest BCUT2D eigenvalue weighted by Gasteiger charge is 2.24. The highest BCUT2D eigenvalue weighted by Crippen LogP contribution is 2.34. The number of nitrogens with one attached hydrogen (secondary N) is 1. The standard InChI is InChI=1S/C26H21N7OS/c1-16-8-3-6-12-22(16)33-25(18-9-7-13-28-15-18)31-32-26(33)35-17(2)23(34)19(14-27)24-29-20-10-4-5-11-21(20)30-24/h3-13,15,17,34H,1-2H3,(H,29,30)/b23-19-. The second-order valence-corrected chi connectivity index (χ2v) is 9.21. The van der Waals surface area contributed by atoms with Crippen molar-refractivity contribution in [2.24, 2.45) is 0 Å². The van der Waals surface area contributed by atoms with Gasteiger partial charge in [0.15, 0.2) is 16.8 Å². The van der Waals surface area contributed by atoms with Crippen LogP contribution in [0.5, 0.6) is 0 Å². The quantitative estimate of drug-likeness (QED) is 0.188. The number of benzene rings is 2. The van der Waals surface area contributed by atoms with Crippen molar-refractivity contribution in [3.8, 4) is 23.1 Å². The number of aryl methyl sites for hydroxylation is 1. The minimum absolute atomic E-state index is 0.0844. The molecular formula is C26H21N7OS. The molecule has 9 heteroatoms. The van der Waals surface area contributed by atoms with Crippen molar-refractivity contribution in [1.29, 1.82) is 5.26 Å². The lowest BCUT2D eigenvalue weighted by atomic mass is 10.2. The number of aliphatic hydroxyl groups excluding tert-OH is 1. The van der Waals surface area contributed by atoms with Crippen LogP contribution in [0.15, 0.2) is 84.0 Å². The molecule has 5 aromatic rings. The summed E-state index contributed by atoms with van der Waals surface area (Å²) in [6.45, 7) is 3.84. The molecule has 0 amide bonds. The Morgan fingerprint density at radius 1 is 1.09 bits per heavy atom. The molecule has 0 fully saturated rings. The number of allylic oxidation sites excluding steroid dienone is 1. The predicted octanol–water partition coefficient (Wildman–Crippen LogP) is 5.49. The van der Waals surface area contributed by atoms with E-state index in [1.165, 1.54) is 11.8 Å². The molecule has 0 spiro atoms. The van der Waals surface area contributed by atoms with Crippen molar-refractivity contribution < 1.29 is 5.11 Å². The number of hydrogen-bond acceptors (Lipinski definition) is 7. The lowest BCUT2D eigenvalue weighted by Crippen LogP contribution is -2.08. The van der Waals surface area contributed by atoms with E-state index in [1.54, 1.807) is 12.4 Å². The first-order valence-corrected chi connectivity index (χ1v) is 11.8. The van der Waals surface area contributed by atoms with Gasteiger partial charge in [-0.25, -0.2) is 4.98 Å². The lowest BCUT2D eigenvalue weighted by Gasteiger charge is -2.15. The molecule has 1 atom stereocenters. The molecule has 3 aromatic heterocycles. The molecule has 0 aliphatic heterocycles. The van der Waals surface area contributed by atoms with E-state index in [1.807, 2.05) is 79.1 Å². The van der Waals surface area contributed by atoms with Crippen LogP contribution in [-0.2, 0) is 0 Å². The molecule has 0 saturated heterocycles. The number of pyridine rings is 1. The number of para-hydroxylation sites is 3. The van der Waals surface area contributed by atoms with Gasteiger partial charge < -0.3 is 10.1 Å². The number of aromatic nitrogens is 6. The van der Waals surface area contributed by atoms with E-state index in [2.05, 4.69) is 31.2 Å². The van der Waals surface area contributed by atoms with Crippen molar-refractivity contribution in [3.63, 3.8) is 0 Å². The Hall–Kier alpha value is -4.42. The Morgan fingerprint density at radius 2 is 1.89 bits per heavy atom. The van der Waals surface area contributed by atoms with Crippen molar-refractivity contribution in [3.05, 3.63) is 90.2 Å². The fraction of sp³-hybridized carbons (Fsp3) is 0.115. The van der Waals surface area contributed by atoms with Gasteiger partial charge >= 0.3 is 0 Å². The van der Waals surface area contributed by atoms with E-state index in [9.17, 15) is 10.4 Å². The summed E-state index contributed by atoms with van der Waals surface area (Å²) in [6.07, 6.45) is 3.45. The number of H-pyrrole nitrogens is 1. The maximum Gasteiger partial charge on any atom is 0.196 e. The summed E-state index contributed by atoms with van der Waals surface area (Å²) >= 11 is 1.31. The van der Waals surface area contributed by atoms with Crippen LogP contribution in [0.25, 0.3) is 33.7 Å². The van der Waals surface area contributed by atoms with Gasteiger partial charge in [-0.2, -0.15) is 5.26 Å². The van der Waals surface area contributed by atoms with Crippen LogP contribution in [0.4, 0.5) is 0 Å². The molecule has 0 aliphatic rings. The van der Waals surface area contributed by atoms with Gasteiger partial charge in [0.1, 0.15) is 17.4 Å². The summed E-state index contributed by atoms with van der Waals surface area (Å²) < 4.78 is 1.95. The molecule has 0 aliphatic carbocycles. The minimum Gasteiger partial charge on any atom is -0.510 e. The van der Waals surface area contributed by atoms with E-state index < -0.39 is 5.25 Å². The monoisotopic (exact) mass is 479 g/mol. The first-order valence-electron chi connectivity index (χ1n) is 10.9. The second-order valence-electron chi connectivity index (χ2n) is 7.90. The van der Waals surface area contributed by atoms with Gasteiger partial charge in [-0.3, -0.25) is 9.55 Å². The third kappa shape index (κ3) is 4.27. The summed E-state index contributed by atoms with van der Waals surface area (Å²) in [5.41, 5.74) is 4.41. The van der Waals surface area contributed by atoms with Crippen molar-refractivity contribution >= 4 is 28.4 Å². The highest BCUT2D eigenvalue weighted by atomic mass is 32.2. The summed E-state index contributed by atoms with van der Waals surface area (Å²) in [4.78, 5) is 11.8. The van der Waals surface area contributed by atoms with Gasteiger partial charge in [0.05, 0.1) is 22.0 Å². The van der Waals surface area contributed by atoms with Gasteiger partial charge in [0, 0.05) is 18.0 Å². The number of hydrogen-bond donors (Lipinski definition) is 2. The van der Waals surface area contributed by atoms with Gasteiger partial charge in [-0.15, -0.1) is 10.2 Å². The number of fused-ring (bicyclic) bond motifs is 1. The Balaban J connectivity index is 1.56. The highest BCUT2D eigenvalue weighted by molar-refractivity contribution is 8.00. The molecule has 0 saturated carbocycles. The van der Waals surface area contributed by atoms with E-state index in [-0.39, 0.29) is 11.3 Å². The molecule has 1 unspecified atom stereocenters. The Morgan fingerprint density at radius 3 is 2.63 bits per heavy atom. The third-order valence-electron chi connectivity index (χ3n) is 5.57. The van der Waals surface area contributed by atoms with Gasteiger partial charge in [-0.1, -0.05) is 42.1 Å². The van der Waals surface area contributed by atoms with Gasteiger partial charge in [0.25, 0.3) is 0 Å². The fourth-order valence-electron chi connectivity index (χ4n) is 3.78. The number of imidazole rings is 1. The zero-order valence-corrected chi connectivity index (χ0v) is 19.9. The summed E-state index contributed by atoms with van der Waals surface area (Å²) in [5, 5.41) is 29.9. The number of aliphatic hydroxyl groups is 1. The second kappa shape index (κ2) is 9.44. The average Bonchev–Trinajstić information content (AvgIpc) is 3.49. The Bertz CT molecular complexity index is 1550. The predicted molar refractivity (Wildman–Crippen MR) is 136 cm³/mol.